The van der Waals surface area contributed by atoms with Crippen LogP contribution in [0.5, 0.6) is 0 Å². The molecular weight excluding hydrogens is 196 g/mol. The SMILES string of the molecule is O=C(CC1C=CC=CC1)CC1C=CC=CC1. The van der Waals surface area contributed by atoms with Crippen molar-refractivity contribution >= 4 is 5.78 Å². The van der Waals surface area contributed by atoms with Gasteiger partial charge in [-0.3, -0.25) is 4.79 Å². The van der Waals surface area contributed by atoms with Gasteiger partial charge in [-0.25, -0.2) is 0 Å². The fraction of sp³-hybridized carbons (Fsp3) is 0.400. The summed E-state index contributed by atoms with van der Waals surface area (Å²) in [6.07, 6.45) is 20.2. The van der Waals surface area contributed by atoms with Crippen LogP contribution in [0.2, 0.25) is 0 Å². The van der Waals surface area contributed by atoms with Crippen molar-refractivity contribution in [3.63, 3.8) is 0 Å². The van der Waals surface area contributed by atoms with E-state index in [1.807, 2.05) is 12.2 Å². The van der Waals surface area contributed by atoms with Crippen LogP contribution in [0.15, 0.2) is 48.6 Å². The first-order valence-corrected chi connectivity index (χ1v) is 6.03. The van der Waals surface area contributed by atoms with Gasteiger partial charge in [0.2, 0.25) is 0 Å². The third kappa shape index (κ3) is 3.34. The summed E-state index contributed by atoms with van der Waals surface area (Å²) < 4.78 is 0. The van der Waals surface area contributed by atoms with E-state index in [-0.39, 0.29) is 0 Å². The molecule has 0 saturated heterocycles. The van der Waals surface area contributed by atoms with Crippen LogP contribution in [0.3, 0.4) is 0 Å². The number of Topliss-reactive ketones (excluding diaryl/α,β-unsaturated/α-hetero) is 1. The first-order chi connectivity index (χ1) is 7.84. The summed E-state index contributed by atoms with van der Waals surface area (Å²) in [5, 5.41) is 0. The normalized spacial score (nSPS) is 27.2. The van der Waals surface area contributed by atoms with Gasteiger partial charge in [0.05, 0.1) is 0 Å². The number of rotatable bonds is 4. The minimum Gasteiger partial charge on any atom is -0.300 e. The number of hydrogen-bond donors (Lipinski definition) is 0. The number of allylic oxidation sites excluding steroid dienone is 8. The van der Waals surface area contributed by atoms with Gasteiger partial charge in [0.1, 0.15) is 5.78 Å². The maximum Gasteiger partial charge on any atom is 0.134 e. The Morgan fingerprint density at radius 1 is 0.875 bits per heavy atom. The molecule has 0 fully saturated rings. The van der Waals surface area contributed by atoms with Gasteiger partial charge in [0, 0.05) is 12.8 Å². The summed E-state index contributed by atoms with van der Waals surface area (Å²) in [6, 6.07) is 0. The van der Waals surface area contributed by atoms with Crippen LogP contribution in [0, 0.1) is 11.8 Å². The van der Waals surface area contributed by atoms with Crippen LogP contribution in [0.4, 0.5) is 0 Å². The van der Waals surface area contributed by atoms with Crippen molar-refractivity contribution < 1.29 is 4.79 Å². The summed E-state index contributed by atoms with van der Waals surface area (Å²) >= 11 is 0. The number of hydrogen-bond acceptors (Lipinski definition) is 1. The summed E-state index contributed by atoms with van der Waals surface area (Å²) in [7, 11) is 0. The third-order valence-electron chi connectivity index (χ3n) is 3.12. The van der Waals surface area contributed by atoms with Crippen molar-refractivity contribution in [3.8, 4) is 0 Å². The zero-order valence-electron chi connectivity index (χ0n) is 9.51. The molecule has 2 unspecified atom stereocenters. The lowest BCUT2D eigenvalue weighted by Crippen LogP contribution is -2.11. The van der Waals surface area contributed by atoms with Crippen molar-refractivity contribution in [1.29, 1.82) is 0 Å². The molecule has 2 rings (SSSR count). The quantitative estimate of drug-likeness (QED) is 0.698. The number of carbonyl (C=O) groups excluding carboxylic acids is 1. The molecule has 16 heavy (non-hydrogen) atoms. The molecule has 84 valence electrons. The van der Waals surface area contributed by atoms with Crippen molar-refractivity contribution in [2.45, 2.75) is 25.7 Å². The predicted molar refractivity (Wildman–Crippen MR) is 67.0 cm³/mol. The van der Waals surface area contributed by atoms with Crippen LogP contribution < -0.4 is 0 Å². The molecule has 2 atom stereocenters. The topological polar surface area (TPSA) is 17.1 Å². The molecule has 1 nitrogen and oxygen atoms in total. The van der Waals surface area contributed by atoms with E-state index >= 15 is 0 Å². The second-order valence-corrected chi connectivity index (χ2v) is 4.56. The molecule has 0 aromatic heterocycles. The Morgan fingerprint density at radius 2 is 1.38 bits per heavy atom. The zero-order chi connectivity index (χ0) is 11.2. The maximum absolute atomic E-state index is 11.9. The molecule has 0 aromatic carbocycles. The fourth-order valence-corrected chi connectivity index (χ4v) is 2.23. The molecule has 0 aliphatic heterocycles. The fourth-order valence-electron chi connectivity index (χ4n) is 2.23. The highest BCUT2D eigenvalue weighted by Crippen LogP contribution is 2.21. The summed E-state index contributed by atoms with van der Waals surface area (Å²) in [5.74, 6) is 1.26. The van der Waals surface area contributed by atoms with Gasteiger partial charge >= 0.3 is 0 Å². The van der Waals surface area contributed by atoms with Gasteiger partial charge < -0.3 is 0 Å². The molecular formula is C15H18O. The van der Waals surface area contributed by atoms with E-state index in [2.05, 4.69) is 36.5 Å². The second-order valence-electron chi connectivity index (χ2n) is 4.56. The van der Waals surface area contributed by atoms with Crippen molar-refractivity contribution in [2.24, 2.45) is 11.8 Å². The molecule has 0 N–H and O–H groups in total. The van der Waals surface area contributed by atoms with Gasteiger partial charge in [-0.15, -0.1) is 0 Å². The van der Waals surface area contributed by atoms with E-state index in [0.717, 1.165) is 12.8 Å². The Kier molecular flexibility index (Phi) is 3.92. The Morgan fingerprint density at radius 3 is 1.75 bits per heavy atom. The highest BCUT2D eigenvalue weighted by Gasteiger charge is 2.15. The van der Waals surface area contributed by atoms with Crippen molar-refractivity contribution in [2.75, 3.05) is 0 Å². The summed E-state index contributed by atoms with van der Waals surface area (Å²) in [6.45, 7) is 0. The lowest BCUT2D eigenvalue weighted by atomic mass is 9.89. The lowest BCUT2D eigenvalue weighted by Gasteiger charge is -2.15. The molecule has 0 heterocycles. The first-order valence-electron chi connectivity index (χ1n) is 6.03. The van der Waals surface area contributed by atoms with Crippen LogP contribution >= 0.6 is 0 Å². The average molecular weight is 214 g/mol. The Hall–Kier alpha value is -1.37. The molecule has 2 aliphatic rings. The van der Waals surface area contributed by atoms with E-state index in [0.29, 0.717) is 30.5 Å². The Balaban J connectivity index is 1.76. The van der Waals surface area contributed by atoms with E-state index < -0.39 is 0 Å². The van der Waals surface area contributed by atoms with E-state index in [1.165, 1.54) is 0 Å². The highest BCUT2D eigenvalue weighted by atomic mass is 16.1. The Labute approximate surface area is 97.2 Å². The van der Waals surface area contributed by atoms with Gasteiger partial charge in [-0.05, 0) is 24.7 Å². The molecule has 2 aliphatic carbocycles. The largest absolute Gasteiger partial charge is 0.300 e. The minimum atomic E-state index is 0.398. The van der Waals surface area contributed by atoms with E-state index in [4.69, 9.17) is 0 Å². The lowest BCUT2D eigenvalue weighted by molar-refractivity contribution is -0.120. The van der Waals surface area contributed by atoms with Gasteiger partial charge in [0.15, 0.2) is 0 Å². The predicted octanol–water partition coefficient (Wildman–Crippen LogP) is 3.60. The molecule has 0 saturated carbocycles. The van der Waals surface area contributed by atoms with E-state index in [9.17, 15) is 4.79 Å². The van der Waals surface area contributed by atoms with Crippen LogP contribution in [-0.4, -0.2) is 5.78 Å². The molecule has 1 heteroatoms. The molecule has 0 spiro atoms. The summed E-state index contributed by atoms with van der Waals surface area (Å²) in [5.41, 5.74) is 0. The first kappa shape index (κ1) is 11.1. The van der Waals surface area contributed by atoms with Crippen molar-refractivity contribution in [3.05, 3.63) is 48.6 Å². The number of carbonyl (C=O) groups is 1. The zero-order valence-corrected chi connectivity index (χ0v) is 9.51. The van der Waals surface area contributed by atoms with Gasteiger partial charge in [-0.1, -0.05) is 48.6 Å². The molecule has 0 amide bonds. The van der Waals surface area contributed by atoms with Crippen LogP contribution in [-0.2, 0) is 4.79 Å². The highest BCUT2D eigenvalue weighted by molar-refractivity contribution is 5.79. The third-order valence-corrected chi connectivity index (χ3v) is 3.12. The Bertz CT molecular complexity index is 324. The maximum atomic E-state index is 11.9. The number of ketones is 1. The smallest absolute Gasteiger partial charge is 0.134 e. The molecule has 0 radical (unpaired) electrons. The standard InChI is InChI=1S/C15H18O/c16-15(11-13-7-3-1-4-8-13)12-14-9-5-2-6-10-14/h1-7,9,13-14H,8,10-12H2. The van der Waals surface area contributed by atoms with Crippen molar-refractivity contribution in [1.82, 2.24) is 0 Å². The van der Waals surface area contributed by atoms with Gasteiger partial charge in [0.25, 0.3) is 0 Å². The second kappa shape index (κ2) is 5.64. The minimum absolute atomic E-state index is 0.398. The van der Waals surface area contributed by atoms with Crippen LogP contribution in [0.25, 0.3) is 0 Å². The molecule has 0 aromatic rings. The molecule has 0 bridgehead atoms. The van der Waals surface area contributed by atoms with E-state index in [1.54, 1.807) is 0 Å². The summed E-state index contributed by atoms with van der Waals surface area (Å²) in [4.78, 5) is 11.9. The monoisotopic (exact) mass is 214 g/mol. The average Bonchev–Trinajstić information content (AvgIpc) is 2.31. The van der Waals surface area contributed by atoms with Gasteiger partial charge in [-0.2, -0.15) is 0 Å². The van der Waals surface area contributed by atoms with Crippen LogP contribution in [0.1, 0.15) is 25.7 Å².